The molecule has 182 valence electrons. The van der Waals surface area contributed by atoms with Crippen LogP contribution >= 0.6 is 11.6 Å². The van der Waals surface area contributed by atoms with E-state index < -0.39 is 17.7 Å². The highest BCUT2D eigenvalue weighted by molar-refractivity contribution is 6.46. The van der Waals surface area contributed by atoms with E-state index in [-0.39, 0.29) is 11.3 Å². The Morgan fingerprint density at radius 1 is 1.03 bits per heavy atom. The van der Waals surface area contributed by atoms with Crippen LogP contribution in [0.3, 0.4) is 0 Å². The van der Waals surface area contributed by atoms with Crippen molar-refractivity contribution in [2.45, 2.75) is 19.4 Å². The maximum atomic E-state index is 13.3. The van der Waals surface area contributed by atoms with Crippen molar-refractivity contribution in [1.82, 2.24) is 9.88 Å². The number of para-hydroxylation sites is 1. The number of Topliss-reactive ketones (excluding diaryl/α,β-unsaturated/α-hetero) is 1. The zero-order chi connectivity index (χ0) is 25.2. The van der Waals surface area contributed by atoms with Gasteiger partial charge in [-0.05, 0) is 66.9 Å². The van der Waals surface area contributed by atoms with Crippen LogP contribution < -0.4 is 4.74 Å². The Morgan fingerprint density at radius 2 is 1.75 bits per heavy atom. The van der Waals surface area contributed by atoms with Gasteiger partial charge in [-0.1, -0.05) is 41.9 Å². The Morgan fingerprint density at radius 3 is 2.47 bits per heavy atom. The van der Waals surface area contributed by atoms with Crippen molar-refractivity contribution >= 4 is 40.0 Å². The molecule has 3 aromatic carbocycles. The summed E-state index contributed by atoms with van der Waals surface area (Å²) < 4.78 is 5.56. The van der Waals surface area contributed by atoms with E-state index in [1.165, 1.54) is 0 Å². The van der Waals surface area contributed by atoms with Crippen molar-refractivity contribution in [3.63, 3.8) is 0 Å². The zero-order valence-electron chi connectivity index (χ0n) is 19.7. The van der Waals surface area contributed by atoms with Gasteiger partial charge in [0.1, 0.15) is 11.5 Å². The van der Waals surface area contributed by atoms with Crippen LogP contribution in [0.15, 0.2) is 84.6 Å². The first-order valence-electron chi connectivity index (χ1n) is 11.8. The number of ketones is 1. The van der Waals surface area contributed by atoms with Crippen molar-refractivity contribution in [3.05, 3.63) is 106 Å². The molecule has 5 rings (SSSR count). The SMILES string of the molecule is CCOc1ccc([C@H]2C(=C(O)c3ccc(Cl)cc3)C(=O)C(=O)N2CCc2c[nH]c3ccccc23)cc1. The van der Waals surface area contributed by atoms with Crippen molar-refractivity contribution in [1.29, 1.82) is 0 Å². The van der Waals surface area contributed by atoms with E-state index in [1.54, 1.807) is 41.3 Å². The zero-order valence-corrected chi connectivity index (χ0v) is 20.5. The molecule has 2 heterocycles. The monoisotopic (exact) mass is 500 g/mol. The molecule has 4 aromatic rings. The smallest absolute Gasteiger partial charge is 0.295 e. The maximum Gasteiger partial charge on any atom is 0.295 e. The van der Waals surface area contributed by atoms with Gasteiger partial charge in [0.2, 0.25) is 0 Å². The highest BCUT2D eigenvalue weighted by Gasteiger charge is 2.45. The molecule has 0 radical (unpaired) electrons. The van der Waals surface area contributed by atoms with E-state index in [1.807, 2.05) is 49.5 Å². The number of likely N-dealkylation sites (tertiary alicyclic amines) is 1. The standard InChI is InChI=1S/C29H25ClN2O4/c1-2-36-22-13-9-18(10-14-22)26-25(27(33)19-7-11-21(30)12-8-19)28(34)29(35)32(26)16-15-20-17-31-24-6-4-3-5-23(20)24/h3-14,17,26,31,33H,2,15-16H2,1H3/t26-/m0/s1. The summed E-state index contributed by atoms with van der Waals surface area (Å²) in [5.74, 6) is -0.877. The first-order valence-corrected chi connectivity index (χ1v) is 12.2. The number of aliphatic hydroxyl groups excluding tert-OH is 1. The van der Waals surface area contributed by atoms with E-state index in [4.69, 9.17) is 16.3 Å². The van der Waals surface area contributed by atoms with E-state index in [2.05, 4.69) is 4.98 Å². The summed E-state index contributed by atoms with van der Waals surface area (Å²) in [4.78, 5) is 31.3. The lowest BCUT2D eigenvalue weighted by Crippen LogP contribution is -2.31. The van der Waals surface area contributed by atoms with E-state index in [9.17, 15) is 14.7 Å². The number of fused-ring (bicyclic) bond motifs is 1. The number of aliphatic hydroxyl groups is 1. The summed E-state index contributed by atoms with van der Waals surface area (Å²) in [6.07, 6.45) is 2.48. The Bertz CT molecular complexity index is 1450. The summed E-state index contributed by atoms with van der Waals surface area (Å²) >= 11 is 6.01. The second-order valence-corrected chi connectivity index (χ2v) is 9.05. The number of aromatic amines is 1. The molecule has 1 aliphatic heterocycles. The van der Waals surface area contributed by atoms with Gasteiger partial charge < -0.3 is 19.7 Å². The lowest BCUT2D eigenvalue weighted by Gasteiger charge is -2.25. The van der Waals surface area contributed by atoms with E-state index in [0.29, 0.717) is 41.5 Å². The largest absolute Gasteiger partial charge is 0.507 e. The summed E-state index contributed by atoms with van der Waals surface area (Å²) in [5, 5.41) is 12.8. The first kappa shape index (κ1) is 23.7. The Labute approximate surface area is 213 Å². The number of ether oxygens (including phenoxy) is 1. The summed E-state index contributed by atoms with van der Waals surface area (Å²) in [5.41, 5.74) is 3.26. The number of nitrogens with one attached hydrogen (secondary N) is 1. The van der Waals surface area contributed by atoms with Gasteiger partial charge in [-0.15, -0.1) is 0 Å². The molecular weight excluding hydrogens is 476 g/mol. The minimum Gasteiger partial charge on any atom is -0.507 e. The minimum atomic E-state index is -0.735. The van der Waals surface area contributed by atoms with Crippen LogP contribution in [0.25, 0.3) is 16.7 Å². The number of nitrogens with zero attached hydrogens (tertiary/aromatic N) is 1. The highest BCUT2D eigenvalue weighted by atomic mass is 35.5. The van der Waals surface area contributed by atoms with Gasteiger partial charge in [0.05, 0.1) is 18.2 Å². The number of rotatable bonds is 7. The third kappa shape index (κ3) is 4.36. The predicted octanol–water partition coefficient (Wildman–Crippen LogP) is 5.88. The summed E-state index contributed by atoms with van der Waals surface area (Å²) in [6.45, 7) is 2.74. The fraction of sp³-hybridized carbons (Fsp3) is 0.172. The first-order chi connectivity index (χ1) is 17.5. The highest BCUT2D eigenvalue weighted by Crippen LogP contribution is 2.40. The van der Waals surface area contributed by atoms with Crippen molar-refractivity contribution in [2.75, 3.05) is 13.2 Å². The molecule has 36 heavy (non-hydrogen) atoms. The average molecular weight is 501 g/mol. The second kappa shape index (κ2) is 9.91. The number of carbonyl (C=O) groups excluding carboxylic acids is 2. The molecule has 0 saturated carbocycles. The van der Waals surface area contributed by atoms with Crippen molar-refractivity contribution < 1.29 is 19.4 Å². The number of benzene rings is 3. The fourth-order valence-electron chi connectivity index (χ4n) is 4.71. The maximum absolute atomic E-state index is 13.3. The molecule has 0 aliphatic carbocycles. The molecule has 7 heteroatoms. The number of halogens is 1. The molecule has 2 N–H and O–H groups in total. The van der Waals surface area contributed by atoms with Gasteiger partial charge in [-0.3, -0.25) is 9.59 Å². The van der Waals surface area contributed by atoms with Crippen LogP contribution in [0.1, 0.15) is 29.7 Å². The fourth-order valence-corrected chi connectivity index (χ4v) is 4.84. The molecule has 1 saturated heterocycles. The minimum absolute atomic E-state index is 0.0606. The van der Waals surface area contributed by atoms with Gasteiger partial charge in [-0.2, -0.15) is 0 Å². The van der Waals surface area contributed by atoms with Gasteiger partial charge in [0.25, 0.3) is 11.7 Å². The Balaban J connectivity index is 1.55. The molecule has 1 amide bonds. The molecule has 0 spiro atoms. The number of hydrogen-bond acceptors (Lipinski definition) is 4. The van der Waals surface area contributed by atoms with Crippen LogP contribution in [-0.2, 0) is 16.0 Å². The molecule has 1 fully saturated rings. The Hall–Kier alpha value is -4.03. The summed E-state index contributed by atoms with van der Waals surface area (Å²) in [7, 11) is 0. The van der Waals surface area contributed by atoms with Crippen molar-refractivity contribution in [3.8, 4) is 5.75 Å². The molecule has 1 aliphatic rings. The van der Waals surface area contributed by atoms with Gasteiger partial charge in [0, 0.05) is 34.2 Å². The lowest BCUT2D eigenvalue weighted by atomic mass is 9.95. The molecule has 0 unspecified atom stereocenters. The second-order valence-electron chi connectivity index (χ2n) is 8.61. The number of aromatic nitrogens is 1. The lowest BCUT2D eigenvalue weighted by molar-refractivity contribution is -0.139. The van der Waals surface area contributed by atoms with Crippen molar-refractivity contribution in [2.24, 2.45) is 0 Å². The summed E-state index contributed by atoms with van der Waals surface area (Å²) in [6, 6.07) is 21.0. The van der Waals surface area contributed by atoms with Crippen LogP contribution in [0.5, 0.6) is 5.75 Å². The quantitative estimate of drug-likeness (QED) is 0.188. The van der Waals surface area contributed by atoms with Crippen LogP contribution in [-0.4, -0.2) is 39.8 Å². The predicted molar refractivity (Wildman–Crippen MR) is 140 cm³/mol. The third-order valence-electron chi connectivity index (χ3n) is 6.46. The van der Waals surface area contributed by atoms with Gasteiger partial charge in [-0.25, -0.2) is 0 Å². The molecular formula is C29H25ClN2O4. The molecule has 1 aromatic heterocycles. The topological polar surface area (TPSA) is 82.6 Å². The van der Waals surface area contributed by atoms with Gasteiger partial charge >= 0.3 is 0 Å². The van der Waals surface area contributed by atoms with Crippen LogP contribution in [0, 0.1) is 0 Å². The molecule has 6 nitrogen and oxygen atoms in total. The van der Waals surface area contributed by atoms with Gasteiger partial charge in [0.15, 0.2) is 0 Å². The number of H-pyrrole nitrogens is 1. The Kier molecular flexibility index (Phi) is 6.53. The van der Waals surface area contributed by atoms with Crippen LogP contribution in [0.4, 0.5) is 0 Å². The molecule has 0 bridgehead atoms. The number of carbonyl (C=O) groups is 2. The average Bonchev–Trinajstić information content (AvgIpc) is 3.42. The van der Waals surface area contributed by atoms with Crippen LogP contribution in [0.2, 0.25) is 5.02 Å². The number of amides is 1. The number of hydrogen-bond donors (Lipinski definition) is 2. The third-order valence-corrected chi connectivity index (χ3v) is 6.71. The normalized spacial score (nSPS) is 17.2. The van der Waals surface area contributed by atoms with E-state index >= 15 is 0 Å². The molecule has 1 atom stereocenters. The van der Waals surface area contributed by atoms with E-state index in [0.717, 1.165) is 16.5 Å².